The van der Waals surface area contributed by atoms with E-state index in [9.17, 15) is 4.39 Å². The molecule has 0 radical (unpaired) electrons. The summed E-state index contributed by atoms with van der Waals surface area (Å²) in [5.41, 5.74) is 0. The fraction of sp³-hybridized carbons (Fsp3) is 0.750. The molecule has 13 heavy (non-hydrogen) atoms. The van der Waals surface area contributed by atoms with Crippen LogP contribution in [0.2, 0.25) is 19.6 Å². The molecule has 0 heterocycles. The molecule has 0 aliphatic heterocycles. The second-order valence-electron chi connectivity index (χ2n) is 3.93. The highest BCUT2D eigenvalue weighted by molar-refractivity contribution is 9.11. The van der Waals surface area contributed by atoms with Crippen LogP contribution in [-0.4, -0.2) is 14.4 Å². The number of ether oxygens (including phenoxy) is 1. The molecular formula is C8H16BrFO2Si. The molecule has 0 bridgehead atoms. The van der Waals surface area contributed by atoms with Crippen LogP contribution < -0.4 is 0 Å². The molecule has 0 rings (SSSR count). The van der Waals surface area contributed by atoms with E-state index in [1.54, 1.807) is 0 Å². The molecule has 0 N–H and O–H groups in total. The zero-order valence-electron chi connectivity index (χ0n) is 8.65. The molecule has 0 aliphatic carbocycles. The van der Waals surface area contributed by atoms with Gasteiger partial charge in [0.05, 0.1) is 6.10 Å². The Labute approximate surface area is 88.4 Å². The Balaban J connectivity index is 4.39. The van der Waals surface area contributed by atoms with Crippen molar-refractivity contribution in [1.82, 2.24) is 0 Å². The Kier molecular flexibility index (Phi) is 4.99. The van der Waals surface area contributed by atoms with E-state index in [4.69, 9.17) is 9.16 Å². The fourth-order valence-electron chi connectivity index (χ4n) is 0.599. The third-order valence-corrected chi connectivity index (χ3v) is 2.02. The van der Waals surface area contributed by atoms with E-state index in [2.05, 4.69) is 15.9 Å². The van der Waals surface area contributed by atoms with Crippen molar-refractivity contribution >= 4 is 24.2 Å². The highest BCUT2D eigenvalue weighted by atomic mass is 79.9. The monoisotopic (exact) mass is 270 g/mol. The summed E-state index contributed by atoms with van der Waals surface area (Å²) in [6.07, 6.45) is -0.0883. The molecule has 0 fully saturated rings. The van der Waals surface area contributed by atoms with E-state index < -0.39 is 13.1 Å². The summed E-state index contributed by atoms with van der Waals surface area (Å²) in [7, 11) is -1.80. The molecule has 0 atom stereocenters. The van der Waals surface area contributed by atoms with E-state index in [1.165, 1.54) is 0 Å². The number of halogens is 2. The van der Waals surface area contributed by atoms with Crippen LogP contribution >= 0.6 is 15.9 Å². The van der Waals surface area contributed by atoms with Crippen molar-refractivity contribution in [2.24, 2.45) is 0 Å². The quantitative estimate of drug-likeness (QED) is 0.572. The van der Waals surface area contributed by atoms with Gasteiger partial charge in [0.1, 0.15) is 0 Å². The summed E-state index contributed by atoms with van der Waals surface area (Å²) in [6.45, 7) is 9.54. The van der Waals surface area contributed by atoms with Crippen LogP contribution in [0.5, 0.6) is 0 Å². The molecule has 0 unspecified atom stereocenters. The Hall–Kier alpha value is -0.0331. The minimum absolute atomic E-state index is 0.0332. The van der Waals surface area contributed by atoms with Gasteiger partial charge in [0.2, 0.25) is 13.1 Å². The van der Waals surface area contributed by atoms with Crippen LogP contribution in [0, 0.1) is 0 Å². The largest absolute Gasteiger partial charge is 0.517 e. The summed E-state index contributed by atoms with van der Waals surface area (Å²) in [4.78, 5) is 0. The van der Waals surface area contributed by atoms with E-state index in [0.717, 1.165) is 0 Å². The number of hydrogen-bond acceptors (Lipinski definition) is 2. The lowest BCUT2D eigenvalue weighted by molar-refractivity contribution is 0.0543. The second kappa shape index (κ2) is 5.00. The van der Waals surface area contributed by atoms with E-state index >= 15 is 0 Å². The van der Waals surface area contributed by atoms with Crippen LogP contribution in [0.25, 0.3) is 0 Å². The minimum Gasteiger partial charge on any atom is -0.517 e. The molecule has 5 heteroatoms. The molecule has 0 aromatic heterocycles. The van der Waals surface area contributed by atoms with Gasteiger partial charge in [0, 0.05) is 0 Å². The molecule has 0 spiro atoms. The molecule has 0 saturated carbocycles. The van der Waals surface area contributed by atoms with Crippen molar-refractivity contribution in [2.45, 2.75) is 39.6 Å². The molecule has 0 saturated heterocycles. The van der Waals surface area contributed by atoms with Gasteiger partial charge in [-0.15, -0.1) is 0 Å². The van der Waals surface area contributed by atoms with Gasteiger partial charge >= 0.3 is 5.95 Å². The Morgan fingerprint density at radius 3 is 2.00 bits per heavy atom. The van der Waals surface area contributed by atoms with Crippen molar-refractivity contribution in [2.75, 3.05) is 0 Å². The van der Waals surface area contributed by atoms with E-state index in [-0.39, 0.29) is 12.0 Å². The standard InChI is InChI=1S/C8H16BrFO2Si/c1-6(2)11-8(7(9)10)12-13(3,4)5/h6H,1-5H3/b8-7+. The summed E-state index contributed by atoms with van der Waals surface area (Å²) in [6, 6.07) is 0. The Morgan fingerprint density at radius 1 is 1.31 bits per heavy atom. The third kappa shape index (κ3) is 7.07. The van der Waals surface area contributed by atoms with Crippen LogP contribution in [-0.2, 0) is 9.16 Å². The van der Waals surface area contributed by atoms with Crippen molar-refractivity contribution in [3.63, 3.8) is 0 Å². The molecule has 0 aliphatic rings. The smallest absolute Gasteiger partial charge is 0.310 e. The van der Waals surface area contributed by atoms with E-state index in [1.807, 2.05) is 33.5 Å². The lowest BCUT2D eigenvalue weighted by atomic mass is 10.5. The lowest BCUT2D eigenvalue weighted by Gasteiger charge is -2.22. The van der Waals surface area contributed by atoms with Gasteiger partial charge in [-0.2, -0.15) is 4.39 Å². The van der Waals surface area contributed by atoms with Gasteiger partial charge in [-0.1, -0.05) is 0 Å². The maximum atomic E-state index is 12.8. The van der Waals surface area contributed by atoms with Crippen molar-refractivity contribution in [3.8, 4) is 0 Å². The molecular weight excluding hydrogens is 255 g/mol. The Morgan fingerprint density at radius 2 is 1.77 bits per heavy atom. The van der Waals surface area contributed by atoms with Crippen molar-refractivity contribution in [1.29, 1.82) is 0 Å². The van der Waals surface area contributed by atoms with Crippen LogP contribution in [0.3, 0.4) is 0 Å². The normalized spacial score (nSPS) is 14.2. The predicted octanol–water partition coefficient (Wildman–Crippen LogP) is 3.75. The molecule has 2 nitrogen and oxygen atoms in total. The lowest BCUT2D eigenvalue weighted by Crippen LogP contribution is -2.26. The molecule has 0 amide bonds. The highest BCUT2D eigenvalue weighted by Gasteiger charge is 2.21. The zero-order valence-corrected chi connectivity index (χ0v) is 11.2. The van der Waals surface area contributed by atoms with Crippen LogP contribution in [0.15, 0.2) is 10.7 Å². The summed E-state index contributed by atoms with van der Waals surface area (Å²) >= 11 is 2.71. The van der Waals surface area contributed by atoms with Crippen molar-refractivity contribution < 1.29 is 13.6 Å². The summed E-state index contributed by atoms with van der Waals surface area (Å²) in [5, 5.41) is 0. The second-order valence-corrected chi connectivity index (χ2v) is 9.05. The van der Waals surface area contributed by atoms with Gasteiger partial charge < -0.3 is 9.16 Å². The summed E-state index contributed by atoms with van der Waals surface area (Å²) < 4.78 is 22.8. The average molecular weight is 271 g/mol. The first kappa shape index (κ1) is 13.0. The number of hydrogen-bond donors (Lipinski definition) is 0. The van der Waals surface area contributed by atoms with E-state index in [0.29, 0.717) is 0 Å². The van der Waals surface area contributed by atoms with Gasteiger partial charge in [-0.3, -0.25) is 0 Å². The van der Waals surface area contributed by atoms with Gasteiger partial charge in [0.25, 0.3) is 0 Å². The van der Waals surface area contributed by atoms with Gasteiger partial charge in [-0.05, 0) is 49.4 Å². The zero-order chi connectivity index (χ0) is 10.6. The topological polar surface area (TPSA) is 18.5 Å². The predicted molar refractivity (Wildman–Crippen MR) is 57.7 cm³/mol. The fourth-order valence-corrected chi connectivity index (χ4v) is 1.62. The third-order valence-electron chi connectivity index (χ3n) is 0.896. The maximum absolute atomic E-state index is 12.8. The highest BCUT2D eigenvalue weighted by Crippen LogP contribution is 2.21. The summed E-state index contributed by atoms with van der Waals surface area (Å²) in [5.74, 6) is -0.0332. The first-order chi connectivity index (χ1) is 5.72. The molecule has 0 aromatic rings. The Bertz CT molecular complexity index is 195. The average Bonchev–Trinajstić information content (AvgIpc) is 1.81. The van der Waals surface area contributed by atoms with Crippen LogP contribution in [0.4, 0.5) is 4.39 Å². The first-order valence-corrected chi connectivity index (χ1v) is 8.33. The van der Waals surface area contributed by atoms with Crippen molar-refractivity contribution in [3.05, 3.63) is 10.7 Å². The minimum atomic E-state index is -1.80. The first-order valence-electron chi connectivity index (χ1n) is 4.13. The number of rotatable bonds is 4. The van der Waals surface area contributed by atoms with Gasteiger partial charge in [-0.25, -0.2) is 0 Å². The van der Waals surface area contributed by atoms with Crippen LogP contribution in [0.1, 0.15) is 13.8 Å². The SMILES string of the molecule is CC(C)O/C(O[Si](C)(C)C)=C(\F)Br. The molecule has 0 aromatic carbocycles. The molecule has 78 valence electrons. The maximum Gasteiger partial charge on any atom is 0.310 e. The van der Waals surface area contributed by atoms with Gasteiger partial charge in [0.15, 0.2) is 0 Å².